The number of aryl methyl sites for hydroxylation is 1. The van der Waals surface area contributed by atoms with Crippen LogP contribution in [0.25, 0.3) is 10.6 Å². The van der Waals surface area contributed by atoms with E-state index in [1.54, 1.807) is 23.6 Å². The van der Waals surface area contributed by atoms with E-state index in [1.165, 1.54) is 31.3 Å². The summed E-state index contributed by atoms with van der Waals surface area (Å²) in [6, 6.07) is 5.45. The van der Waals surface area contributed by atoms with E-state index in [0.717, 1.165) is 27.7 Å². The van der Waals surface area contributed by atoms with E-state index in [9.17, 15) is 0 Å². The van der Waals surface area contributed by atoms with Crippen molar-refractivity contribution in [1.29, 1.82) is 0 Å². The van der Waals surface area contributed by atoms with Gasteiger partial charge in [0.15, 0.2) is 5.16 Å². The number of thioether (sulfide) groups is 1. The van der Waals surface area contributed by atoms with E-state index in [0.29, 0.717) is 35.0 Å². The molecule has 0 unspecified atom stereocenters. The third-order valence-corrected chi connectivity index (χ3v) is 6.48. The van der Waals surface area contributed by atoms with Crippen molar-refractivity contribution in [2.45, 2.75) is 24.3 Å². The van der Waals surface area contributed by atoms with Crippen LogP contribution in [0.15, 0.2) is 29.6 Å². The van der Waals surface area contributed by atoms with Gasteiger partial charge in [0.25, 0.3) is 0 Å². The number of nitrogens with two attached hydrogens (primary N) is 2. The van der Waals surface area contributed by atoms with Crippen molar-refractivity contribution in [1.82, 2.24) is 24.8 Å². The maximum Gasteiger partial charge on any atom is 0.213 e. The van der Waals surface area contributed by atoms with Crippen LogP contribution in [0.5, 0.6) is 5.88 Å². The molecule has 3 aromatic rings. The van der Waals surface area contributed by atoms with Crippen molar-refractivity contribution in [3.8, 4) is 16.5 Å². The van der Waals surface area contributed by atoms with Crippen LogP contribution in [0.3, 0.4) is 0 Å². The molecule has 0 radical (unpaired) electrons. The first-order valence-corrected chi connectivity index (χ1v) is 11.2. The molecule has 4 rings (SSSR count). The fourth-order valence-corrected chi connectivity index (χ4v) is 4.76. The molecule has 0 aromatic carbocycles. The van der Waals surface area contributed by atoms with Crippen molar-refractivity contribution < 1.29 is 4.74 Å². The van der Waals surface area contributed by atoms with Gasteiger partial charge in [0, 0.05) is 41.1 Å². The largest absolute Gasteiger partial charge is 0.476 e. The van der Waals surface area contributed by atoms with Gasteiger partial charge < -0.3 is 16.2 Å². The topological polar surface area (TPSA) is 116 Å². The van der Waals surface area contributed by atoms with Crippen LogP contribution < -0.4 is 16.2 Å². The minimum atomic E-state index is 0.370. The Balaban J connectivity index is 1.40. The normalized spacial score (nSPS) is 14.0. The van der Waals surface area contributed by atoms with E-state index in [1.807, 2.05) is 12.1 Å². The lowest BCUT2D eigenvalue weighted by atomic mass is 10.2. The summed E-state index contributed by atoms with van der Waals surface area (Å²) in [4.78, 5) is 21.1. The van der Waals surface area contributed by atoms with Crippen LogP contribution in [0.4, 0.5) is 11.6 Å². The van der Waals surface area contributed by atoms with E-state index in [4.69, 9.17) is 21.2 Å². The van der Waals surface area contributed by atoms with Crippen LogP contribution in [-0.2, 0) is 5.75 Å². The molecule has 1 aliphatic heterocycles. The van der Waals surface area contributed by atoms with Crippen molar-refractivity contribution >= 4 is 34.7 Å². The van der Waals surface area contributed by atoms with Crippen LogP contribution in [0, 0.1) is 6.92 Å². The summed E-state index contributed by atoms with van der Waals surface area (Å²) in [5, 5.41) is 1.50. The highest BCUT2D eigenvalue weighted by Gasteiger charge is 2.14. The molecule has 0 aliphatic carbocycles. The zero-order valence-corrected chi connectivity index (χ0v) is 17.8. The van der Waals surface area contributed by atoms with Crippen LogP contribution in [0.1, 0.15) is 17.0 Å². The lowest BCUT2D eigenvalue weighted by molar-refractivity contribution is 0.145. The summed E-state index contributed by atoms with van der Waals surface area (Å²) in [6.07, 6.45) is 3.05. The molecule has 152 valence electrons. The number of hydrogen-bond donors (Lipinski definition) is 2. The molecule has 0 saturated carbocycles. The van der Waals surface area contributed by atoms with Gasteiger partial charge in [-0.05, 0) is 32.5 Å². The molecule has 4 N–H and O–H groups in total. The van der Waals surface area contributed by atoms with E-state index < -0.39 is 0 Å². The fourth-order valence-electron chi connectivity index (χ4n) is 2.85. The van der Waals surface area contributed by atoms with Gasteiger partial charge in [-0.2, -0.15) is 0 Å². The van der Waals surface area contributed by atoms with Crippen molar-refractivity contribution in [2.24, 2.45) is 0 Å². The van der Waals surface area contributed by atoms with Gasteiger partial charge in [-0.15, -0.1) is 11.3 Å². The van der Waals surface area contributed by atoms with E-state index >= 15 is 0 Å². The zero-order valence-electron chi connectivity index (χ0n) is 16.2. The number of nitrogens with zero attached hydrogens (tertiary/aromatic N) is 5. The van der Waals surface area contributed by atoms with Crippen LogP contribution in [-0.4, -0.2) is 51.1 Å². The molecule has 1 fully saturated rings. The standard InChI is InChI=1S/C19H23N7OS2/c1-12-14(11-28-19-24-15(20)10-16(21)25-19)23-18(29-12)13-3-4-22-17(9-13)27-8-7-26-5-2-6-26/h3-4,9-10H,2,5-8,11H2,1H3,(H4,20,21,24,25). The molecular weight excluding hydrogens is 406 g/mol. The Labute approximate surface area is 177 Å². The molecule has 29 heavy (non-hydrogen) atoms. The van der Waals surface area contributed by atoms with E-state index in [-0.39, 0.29) is 0 Å². The Morgan fingerprint density at radius 3 is 2.69 bits per heavy atom. The average Bonchev–Trinajstić information content (AvgIpc) is 3.02. The van der Waals surface area contributed by atoms with Crippen molar-refractivity contribution in [3.63, 3.8) is 0 Å². The number of anilines is 2. The molecule has 0 amide bonds. The average molecular weight is 430 g/mol. The van der Waals surface area contributed by atoms with Gasteiger partial charge in [-0.25, -0.2) is 19.9 Å². The Morgan fingerprint density at radius 2 is 1.97 bits per heavy atom. The third-order valence-electron chi connectivity index (χ3n) is 4.56. The minimum absolute atomic E-state index is 0.370. The second-order valence-electron chi connectivity index (χ2n) is 6.74. The first-order valence-electron chi connectivity index (χ1n) is 9.37. The summed E-state index contributed by atoms with van der Waals surface area (Å²) in [5.74, 6) is 2.02. The minimum Gasteiger partial charge on any atom is -0.476 e. The Bertz CT molecular complexity index is 970. The Kier molecular flexibility index (Phi) is 6.12. The molecule has 0 atom stereocenters. The first-order chi connectivity index (χ1) is 14.1. The molecule has 1 saturated heterocycles. The SMILES string of the molecule is Cc1sc(-c2ccnc(OCCN3CCC3)c2)nc1CSc1nc(N)cc(N)n1. The molecule has 8 nitrogen and oxygen atoms in total. The number of hydrogen-bond acceptors (Lipinski definition) is 10. The van der Waals surface area contributed by atoms with Gasteiger partial charge in [0.1, 0.15) is 23.3 Å². The Morgan fingerprint density at radius 1 is 1.17 bits per heavy atom. The highest BCUT2D eigenvalue weighted by atomic mass is 32.2. The molecule has 0 bridgehead atoms. The summed E-state index contributed by atoms with van der Waals surface area (Å²) in [5.41, 5.74) is 13.5. The predicted octanol–water partition coefficient (Wildman–Crippen LogP) is 2.84. The summed E-state index contributed by atoms with van der Waals surface area (Å²) in [6.45, 7) is 6.00. The molecule has 1 aliphatic rings. The second kappa shape index (κ2) is 8.93. The van der Waals surface area contributed by atoms with Gasteiger partial charge in [0.05, 0.1) is 5.69 Å². The molecular formula is C19H23N7OS2. The number of thiazole rings is 1. The number of aromatic nitrogens is 4. The molecule has 0 spiro atoms. The number of pyridine rings is 1. The van der Waals surface area contributed by atoms with Crippen molar-refractivity contribution in [2.75, 3.05) is 37.7 Å². The fraction of sp³-hybridized carbons (Fsp3) is 0.368. The quantitative estimate of drug-likeness (QED) is 0.412. The molecule has 4 heterocycles. The third kappa shape index (κ3) is 5.14. The maximum atomic E-state index is 5.82. The highest BCUT2D eigenvalue weighted by Crippen LogP contribution is 2.32. The lowest BCUT2D eigenvalue weighted by Crippen LogP contribution is -2.39. The smallest absolute Gasteiger partial charge is 0.213 e. The van der Waals surface area contributed by atoms with Gasteiger partial charge in [0.2, 0.25) is 5.88 Å². The monoisotopic (exact) mass is 429 g/mol. The summed E-state index contributed by atoms with van der Waals surface area (Å²) in [7, 11) is 0. The highest BCUT2D eigenvalue weighted by molar-refractivity contribution is 7.98. The summed E-state index contributed by atoms with van der Waals surface area (Å²) < 4.78 is 5.82. The van der Waals surface area contributed by atoms with E-state index in [2.05, 4.69) is 26.8 Å². The van der Waals surface area contributed by atoms with Crippen LogP contribution in [0.2, 0.25) is 0 Å². The van der Waals surface area contributed by atoms with Gasteiger partial charge in [-0.1, -0.05) is 11.8 Å². The molecule has 10 heteroatoms. The number of likely N-dealkylation sites (tertiary alicyclic amines) is 1. The van der Waals surface area contributed by atoms with Gasteiger partial charge >= 0.3 is 0 Å². The second-order valence-corrected chi connectivity index (χ2v) is 8.88. The first kappa shape index (κ1) is 19.9. The number of nitrogen functional groups attached to an aromatic ring is 2. The summed E-state index contributed by atoms with van der Waals surface area (Å²) >= 11 is 3.12. The number of ether oxygens (including phenoxy) is 1. The van der Waals surface area contributed by atoms with Gasteiger partial charge in [-0.3, -0.25) is 4.90 Å². The van der Waals surface area contributed by atoms with Crippen molar-refractivity contribution in [3.05, 3.63) is 35.0 Å². The predicted molar refractivity (Wildman–Crippen MR) is 117 cm³/mol. The number of rotatable bonds is 8. The van der Waals surface area contributed by atoms with Crippen LogP contribution >= 0.6 is 23.1 Å². The Hall–Kier alpha value is -2.43. The maximum absolute atomic E-state index is 5.82. The lowest BCUT2D eigenvalue weighted by Gasteiger charge is -2.30. The molecule has 3 aromatic heterocycles. The zero-order chi connectivity index (χ0) is 20.2.